The Morgan fingerprint density at radius 2 is 1.74 bits per heavy atom. The van der Waals surface area contributed by atoms with Gasteiger partial charge in [-0.1, -0.05) is 30.3 Å². The van der Waals surface area contributed by atoms with Gasteiger partial charge in [-0.15, -0.1) is 0 Å². The molecule has 0 bridgehead atoms. The van der Waals surface area contributed by atoms with Crippen molar-refractivity contribution in [3.8, 4) is 11.3 Å². The number of nitrogens with one attached hydrogen (secondary N) is 1. The van der Waals surface area contributed by atoms with Crippen LogP contribution < -0.4 is 5.32 Å². The predicted molar refractivity (Wildman–Crippen MR) is 147 cm³/mol. The Morgan fingerprint density at radius 1 is 1.05 bits per heavy atom. The minimum absolute atomic E-state index is 0.106. The molecule has 1 aliphatic rings. The van der Waals surface area contributed by atoms with Gasteiger partial charge in [-0.05, 0) is 57.4 Å². The van der Waals surface area contributed by atoms with E-state index in [0.717, 1.165) is 17.7 Å². The second-order valence-electron chi connectivity index (χ2n) is 11.1. The van der Waals surface area contributed by atoms with E-state index >= 15 is 0 Å². The van der Waals surface area contributed by atoms with Crippen molar-refractivity contribution in [1.29, 1.82) is 0 Å². The smallest absolute Gasteiger partial charge is 0.419 e. The highest BCUT2D eigenvalue weighted by atomic mass is 19.4. The number of carbonyl (C=O) groups excluding carboxylic acids is 2. The monoisotopic (exact) mass is 590 g/mol. The van der Waals surface area contributed by atoms with E-state index in [1.807, 2.05) is 30.3 Å². The Balaban J connectivity index is 1.49. The number of alkyl halides is 3. The third-order valence-electron chi connectivity index (χ3n) is 6.72. The highest BCUT2D eigenvalue weighted by Crippen LogP contribution is 2.35. The summed E-state index contributed by atoms with van der Waals surface area (Å²) in [7, 11) is 0. The molecule has 8 nitrogen and oxygen atoms in total. The van der Waals surface area contributed by atoms with Crippen LogP contribution in [0.25, 0.3) is 11.3 Å². The van der Waals surface area contributed by atoms with Crippen LogP contribution in [0.3, 0.4) is 0 Å². The van der Waals surface area contributed by atoms with E-state index < -0.39 is 35.3 Å². The van der Waals surface area contributed by atoms with Gasteiger partial charge < -0.3 is 24.3 Å². The molecule has 0 radical (unpaired) electrons. The maximum Gasteiger partial charge on any atom is 0.419 e. The number of benzene rings is 2. The second kappa shape index (κ2) is 12.8. The summed E-state index contributed by atoms with van der Waals surface area (Å²) < 4.78 is 66.6. The highest BCUT2D eigenvalue weighted by Gasteiger charge is 2.35. The number of halogens is 4. The maximum atomic E-state index is 13.9. The molecular weight excluding hydrogens is 556 g/mol. The molecule has 0 saturated carbocycles. The van der Waals surface area contributed by atoms with Crippen LogP contribution >= 0.6 is 0 Å². The van der Waals surface area contributed by atoms with Crippen LogP contribution in [0.4, 0.5) is 27.2 Å². The van der Waals surface area contributed by atoms with Crippen LogP contribution in [0.1, 0.15) is 56.5 Å². The van der Waals surface area contributed by atoms with E-state index in [2.05, 4.69) is 10.3 Å². The maximum absolute atomic E-state index is 13.9. The predicted octanol–water partition coefficient (Wildman–Crippen LogP) is 6.75. The van der Waals surface area contributed by atoms with E-state index in [9.17, 15) is 27.2 Å². The number of amides is 2. The molecule has 12 heteroatoms. The van der Waals surface area contributed by atoms with E-state index in [-0.39, 0.29) is 36.9 Å². The number of hydrogen-bond donors (Lipinski definition) is 1. The van der Waals surface area contributed by atoms with Crippen LogP contribution in [-0.2, 0) is 28.8 Å². The van der Waals surface area contributed by atoms with Gasteiger partial charge in [-0.3, -0.25) is 0 Å². The zero-order valence-electron chi connectivity index (χ0n) is 23.7. The number of piperidine rings is 1. The van der Waals surface area contributed by atoms with E-state index in [4.69, 9.17) is 9.47 Å². The first-order valence-electron chi connectivity index (χ1n) is 13.7. The number of imidazole rings is 1. The van der Waals surface area contributed by atoms with Crippen molar-refractivity contribution in [2.24, 2.45) is 0 Å². The molecule has 2 amide bonds. The van der Waals surface area contributed by atoms with Gasteiger partial charge in [0.15, 0.2) is 0 Å². The lowest BCUT2D eigenvalue weighted by atomic mass is 9.96. The van der Waals surface area contributed by atoms with Crippen molar-refractivity contribution >= 4 is 12.2 Å². The van der Waals surface area contributed by atoms with Crippen molar-refractivity contribution in [1.82, 2.24) is 19.8 Å². The molecule has 0 atom stereocenters. The number of ether oxygens (including phenoxy) is 2. The van der Waals surface area contributed by atoms with Crippen LogP contribution in [-0.4, -0.2) is 51.9 Å². The molecule has 2 heterocycles. The van der Waals surface area contributed by atoms with E-state index in [0.29, 0.717) is 31.8 Å². The molecule has 3 aromatic rings. The molecule has 42 heavy (non-hydrogen) atoms. The summed E-state index contributed by atoms with van der Waals surface area (Å²) >= 11 is 0. The third-order valence-corrected chi connectivity index (χ3v) is 6.72. The highest BCUT2D eigenvalue weighted by molar-refractivity contribution is 5.68. The lowest BCUT2D eigenvalue weighted by molar-refractivity contribution is -0.139. The number of carbonyl (C=O) groups is 2. The standard InChI is InChI=1S/C30H34F4N4O4/c1-29(2,3)42-28(40)37-14-11-21(12-15-37)26-36-25(22-9-10-24(31)23(17-22)30(32,33)34)18-38(26)16-13-35-27(39)41-19-20-7-5-4-6-8-20/h4-10,17-18,21H,11-16,19H2,1-3H3,(H,35,39). The minimum atomic E-state index is -4.86. The summed E-state index contributed by atoms with van der Waals surface area (Å²) in [4.78, 5) is 31.0. The van der Waals surface area contributed by atoms with Crippen molar-refractivity contribution < 1.29 is 36.6 Å². The number of nitrogens with zero attached hydrogens (tertiary/aromatic N) is 3. The summed E-state index contributed by atoms with van der Waals surface area (Å²) in [5.74, 6) is -0.866. The molecule has 1 saturated heterocycles. The second-order valence-corrected chi connectivity index (χ2v) is 11.1. The van der Waals surface area contributed by atoms with Crippen LogP contribution in [0, 0.1) is 5.82 Å². The van der Waals surface area contributed by atoms with Gasteiger partial charge in [0.25, 0.3) is 0 Å². The molecule has 0 spiro atoms. The summed E-state index contributed by atoms with van der Waals surface area (Å²) in [5.41, 5.74) is -0.797. The van der Waals surface area contributed by atoms with Gasteiger partial charge in [0, 0.05) is 43.9 Å². The van der Waals surface area contributed by atoms with Crippen molar-refractivity contribution in [3.63, 3.8) is 0 Å². The fourth-order valence-corrected chi connectivity index (χ4v) is 4.68. The molecule has 2 aromatic carbocycles. The molecule has 1 aliphatic heterocycles. The first kappa shape index (κ1) is 30.9. The molecule has 4 rings (SSSR count). The normalized spacial score (nSPS) is 14.5. The van der Waals surface area contributed by atoms with Gasteiger partial charge in [0.05, 0.1) is 11.3 Å². The molecule has 1 N–H and O–H groups in total. The largest absolute Gasteiger partial charge is 0.445 e. The summed E-state index contributed by atoms with van der Waals surface area (Å²) in [6, 6.07) is 12.0. The van der Waals surface area contributed by atoms with Crippen LogP contribution in [0.2, 0.25) is 0 Å². The molecule has 0 aliphatic carbocycles. The number of aromatic nitrogens is 2. The quantitative estimate of drug-likeness (QED) is 0.308. The fourth-order valence-electron chi connectivity index (χ4n) is 4.68. The number of rotatable bonds is 7. The lowest BCUT2D eigenvalue weighted by Gasteiger charge is -2.33. The Labute approximate surface area is 241 Å². The van der Waals surface area contributed by atoms with Gasteiger partial charge in [0.2, 0.25) is 0 Å². The van der Waals surface area contributed by atoms with Crippen LogP contribution in [0.5, 0.6) is 0 Å². The van der Waals surface area contributed by atoms with Crippen molar-refractivity contribution in [2.75, 3.05) is 19.6 Å². The lowest BCUT2D eigenvalue weighted by Crippen LogP contribution is -2.41. The van der Waals surface area contributed by atoms with Gasteiger partial charge >= 0.3 is 18.4 Å². The fraction of sp³-hybridized carbons (Fsp3) is 0.433. The Hall–Kier alpha value is -4.09. The Bertz CT molecular complexity index is 1380. The van der Waals surface area contributed by atoms with E-state index in [1.165, 1.54) is 6.07 Å². The number of hydrogen-bond acceptors (Lipinski definition) is 5. The van der Waals surface area contributed by atoms with Gasteiger partial charge in [-0.2, -0.15) is 13.2 Å². The Morgan fingerprint density at radius 3 is 2.38 bits per heavy atom. The Kier molecular flexibility index (Phi) is 9.43. The molecule has 0 unspecified atom stereocenters. The zero-order valence-corrected chi connectivity index (χ0v) is 23.7. The average Bonchev–Trinajstić information content (AvgIpc) is 3.35. The van der Waals surface area contributed by atoms with Crippen LogP contribution in [0.15, 0.2) is 54.7 Å². The summed E-state index contributed by atoms with van der Waals surface area (Å²) in [5, 5.41) is 2.68. The molecular formula is C30H34F4N4O4. The van der Waals surface area contributed by atoms with Gasteiger partial charge in [-0.25, -0.2) is 19.0 Å². The summed E-state index contributed by atoms with van der Waals surface area (Å²) in [6.45, 7) is 6.76. The third kappa shape index (κ3) is 8.23. The first-order chi connectivity index (χ1) is 19.8. The van der Waals surface area contributed by atoms with Gasteiger partial charge in [0.1, 0.15) is 23.8 Å². The first-order valence-corrected chi connectivity index (χ1v) is 13.7. The average molecular weight is 591 g/mol. The summed E-state index contributed by atoms with van der Waals surface area (Å²) in [6.07, 6.45) is -3.17. The number of likely N-dealkylation sites (tertiary alicyclic amines) is 1. The van der Waals surface area contributed by atoms with Crippen molar-refractivity contribution in [2.45, 2.75) is 64.5 Å². The number of alkyl carbamates (subject to hydrolysis) is 1. The molecule has 1 fully saturated rings. The molecule has 1 aromatic heterocycles. The van der Waals surface area contributed by atoms with E-state index in [1.54, 1.807) is 36.4 Å². The minimum Gasteiger partial charge on any atom is -0.445 e. The van der Waals surface area contributed by atoms with Crippen molar-refractivity contribution in [3.05, 3.63) is 77.5 Å². The topological polar surface area (TPSA) is 85.7 Å². The molecule has 226 valence electrons. The SMILES string of the molecule is CC(C)(C)OC(=O)N1CCC(c2nc(-c3ccc(F)c(C(F)(F)F)c3)cn2CCNC(=O)OCc2ccccc2)CC1. The zero-order chi connectivity index (χ0) is 30.5.